The van der Waals surface area contributed by atoms with Crippen LogP contribution in [0.5, 0.6) is 11.5 Å². The first-order valence-corrected chi connectivity index (χ1v) is 9.25. The molecular weight excluding hydrogens is 402 g/mol. The Labute approximate surface area is 162 Å². The van der Waals surface area contributed by atoms with Gasteiger partial charge in [0, 0.05) is 13.1 Å². The monoisotopic (exact) mass is 425 g/mol. The summed E-state index contributed by atoms with van der Waals surface area (Å²) in [5, 5.41) is 4.03. The number of benzene rings is 1. The van der Waals surface area contributed by atoms with E-state index in [4.69, 9.17) is 14.2 Å². The molecule has 0 saturated carbocycles. The van der Waals surface area contributed by atoms with Crippen LogP contribution in [0.15, 0.2) is 34.4 Å². The molecule has 1 N–H and O–H groups in total. The second-order valence-electron chi connectivity index (χ2n) is 5.54. The highest BCUT2D eigenvalue weighted by atomic mass is 79.9. The summed E-state index contributed by atoms with van der Waals surface area (Å²) < 4.78 is 17.3. The van der Waals surface area contributed by atoms with E-state index < -0.39 is 0 Å². The number of hydrogen-bond donors (Lipinski definition) is 1. The number of hydrogen-bond acceptors (Lipinski definition) is 6. The van der Waals surface area contributed by atoms with Gasteiger partial charge in [0.25, 0.3) is 5.91 Å². The second-order valence-corrected chi connectivity index (χ2v) is 6.40. The lowest BCUT2D eigenvalue weighted by atomic mass is 10.2. The Morgan fingerprint density at radius 2 is 2.19 bits per heavy atom. The fourth-order valence-electron chi connectivity index (χ4n) is 2.38. The van der Waals surface area contributed by atoms with Gasteiger partial charge >= 0.3 is 0 Å². The van der Waals surface area contributed by atoms with Gasteiger partial charge in [0.1, 0.15) is 6.61 Å². The van der Waals surface area contributed by atoms with E-state index in [-0.39, 0.29) is 5.91 Å². The fourth-order valence-corrected chi connectivity index (χ4v) is 2.96. The summed E-state index contributed by atoms with van der Waals surface area (Å²) in [5.41, 5.74) is 3.32. The van der Waals surface area contributed by atoms with E-state index >= 15 is 0 Å². The molecule has 0 bridgehead atoms. The minimum atomic E-state index is -0.154. The standard InChI is InChI=1S/C18H24BrN3O4/c1-3-7-26-18-15(19)10-14(11-16(18)25-4-2)12-20-21-17(23)13-22-5-8-24-9-6-22/h3,10-12H,1,4-9,13H2,2H3,(H,21,23)/b20-12-. The smallest absolute Gasteiger partial charge is 0.254 e. The van der Waals surface area contributed by atoms with E-state index in [1.54, 1.807) is 12.3 Å². The lowest BCUT2D eigenvalue weighted by Gasteiger charge is -2.25. The Morgan fingerprint density at radius 3 is 2.88 bits per heavy atom. The number of amides is 1. The summed E-state index contributed by atoms with van der Waals surface area (Å²) in [6.07, 6.45) is 3.24. The predicted octanol–water partition coefficient (Wildman–Crippen LogP) is 2.19. The minimum Gasteiger partial charge on any atom is -0.490 e. The summed E-state index contributed by atoms with van der Waals surface area (Å²) in [6, 6.07) is 3.66. The van der Waals surface area contributed by atoms with Crippen LogP contribution in [0.3, 0.4) is 0 Å². The molecule has 1 aliphatic heterocycles. The average molecular weight is 426 g/mol. The average Bonchev–Trinajstić information content (AvgIpc) is 2.62. The molecule has 2 rings (SSSR count). The van der Waals surface area contributed by atoms with Crippen molar-refractivity contribution in [2.24, 2.45) is 5.10 Å². The Morgan fingerprint density at radius 1 is 1.42 bits per heavy atom. The van der Waals surface area contributed by atoms with Crippen LogP contribution in [0.25, 0.3) is 0 Å². The van der Waals surface area contributed by atoms with Crippen LogP contribution in [0.2, 0.25) is 0 Å². The number of ether oxygens (including phenoxy) is 3. The number of carbonyl (C=O) groups excluding carboxylic acids is 1. The van der Waals surface area contributed by atoms with Gasteiger partial charge in [0.2, 0.25) is 0 Å². The lowest BCUT2D eigenvalue weighted by molar-refractivity contribution is -0.123. The van der Waals surface area contributed by atoms with Crippen LogP contribution < -0.4 is 14.9 Å². The maximum absolute atomic E-state index is 11.9. The molecule has 1 fully saturated rings. The molecule has 1 heterocycles. The van der Waals surface area contributed by atoms with Gasteiger partial charge in [-0.1, -0.05) is 12.7 Å². The molecule has 1 amide bonds. The third-order valence-electron chi connectivity index (χ3n) is 3.55. The molecule has 26 heavy (non-hydrogen) atoms. The van der Waals surface area contributed by atoms with E-state index in [0.717, 1.165) is 23.1 Å². The molecule has 1 saturated heterocycles. The zero-order chi connectivity index (χ0) is 18.8. The van der Waals surface area contributed by atoms with Gasteiger partial charge in [0.05, 0.1) is 37.1 Å². The topological polar surface area (TPSA) is 72.4 Å². The molecule has 0 unspecified atom stereocenters. The second kappa shape index (κ2) is 10.9. The largest absolute Gasteiger partial charge is 0.490 e. The number of halogens is 1. The molecule has 1 aromatic carbocycles. The lowest BCUT2D eigenvalue weighted by Crippen LogP contribution is -2.42. The molecule has 0 aromatic heterocycles. The maximum Gasteiger partial charge on any atom is 0.254 e. The molecule has 142 valence electrons. The van der Waals surface area contributed by atoms with Gasteiger partial charge < -0.3 is 14.2 Å². The summed E-state index contributed by atoms with van der Waals surface area (Å²) in [4.78, 5) is 14.0. The number of hydrazone groups is 1. The van der Waals surface area contributed by atoms with E-state index in [0.29, 0.717) is 44.5 Å². The summed E-state index contributed by atoms with van der Waals surface area (Å²) >= 11 is 3.48. The maximum atomic E-state index is 11.9. The highest BCUT2D eigenvalue weighted by Crippen LogP contribution is 2.36. The van der Waals surface area contributed by atoms with Crippen molar-refractivity contribution in [2.75, 3.05) is 46.1 Å². The van der Waals surface area contributed by atoms with E-state index in [2.05, 4.69) is 33.0 Å². The SMILES string of the molecule is C=CCOc1c(Br)cc(/C=N\NC(=O)CN2CCOCC2)cc1OCC. The summed E-state index contributed by atoms with van der Waals surface area (Å²) in [5.74, 6) is 1.06. The van der Waals surface area contributed by atoms with Gasteiger partial charge in [0.15, 0.2) is 11.5 Å². The molecule has 1 aromatic rings. The van der Waals surface area contributed by atoms with Crippen molar-refractivity contribution in [2.45, 2.75) is 6.92 Å². The summed E-state index contributed by atoms with van der Waals surface area (Å²) in [6.45, 7) is 9.57. The molecule has 0 spiro atoms. The van der Waals surface area contributed by atoms with Crippen molar-refractivity contribution >= 4 is 28.1 Å². The third-order valence-corrected chi connectivity index (χ3v) is 4.14. The molecular formula is C18H24BrN3O4. The molecule has 7 nitrogen and oxygen atoms in total. The van der Waals surface area contributed by atoms with Crippen LogP contribution in [0, 0.1) is 0 Å². The molecule has 8 heteroatoms. The normalized spacial score (nSPS) is 15.0. The van der Waals surface area contributed by atoms with E-state index in [1.165, 1.54) is 0 Å². The van der Waals surface area contributed by atoms with Crippen molar-refractivity contribution in [3.05, 3.63) is 34.8 Å². The van der Waals surface area contributed by atoms with Gasteiger partial charge in [-0.2, -0.15) is 5.10 Å². The van der Waals surface area contributed by atoms with Crippen LogP contribution in [-0.4, -0.2) is 63.1 Å². The fraction of sp³-hybridized carbons (Fsp3) is 0.444. The first-order valence-electron chi connectivity index (χ1n) is 8.46. The van der Waals surface area contributed by atoms with Crippen molar-refractivity contribution in [1.82, 2.24) is 10.3 Å². The highest BCUT2D eigenvalue weighted by Gasteiger charge is 2.14. The van der Waals surface area contributed by atoms with Crippen LogP contribution in [-0.2, 0) is 9.53 Å². The zero-order valence-electron chi connectivity index (χ0n) is 14.9. The van der Waals surface area contributed by atoms with Gasteiger partial charge in [-0.05, 0) is 40.5 Å². The predicted molar refractivity (Wildman–Crippen MR) is 104 cm³/mol. The number of carbonyl (C=O) groups is 1. The van der Waals surface area contributed by atoms with Crippen molar-refractivity contribution in [3.8, 4) is 11.5 Å². The molecule has 0 atom stereocenters. The Bertz CT molecular complexity index is 646. The Kier molecular flexibility index (Phi) is 8.60. The van der Waals surface area contributed by atoms with Gasteiger partial charge in [-0.15, -0.1) is 0 Å². The molecule has 0 radical (unpaired) electrons. The first kappa shape index (κ1) is 20.4. The Balaban J connectivity index is 1.97. The van der Waals surface area contributed by atoms with Gasteiger partial charge in [-0.25, -0.2) is 5.43 Å². The molecule has 0 aliphatic carbocycles. The number of nitrogens with one attached hydrogen (secondary N) is 1. The number of rotatable bonds is 9. The van der Waals surface area contributed by atoms with Crippen molar-refractivity contribution < 1.29 is 19.0 Å². The van der Waals surface area contributed by atoms with Crippen molar-refractivity contribution in [3.63, 3.8) is 0 Å². The van der Waals surface area contributed by atoms with Crippen LogP contribution in [0.4, 0.5) is 0 Å². The molecule has 1 aliphatic rings. The van der Waals surface area contributed by atoms with E-state index in [9.17, 15) is 4.79 Å². The third kappa shape index (κ3) is 6.44. The van der Waals surface area contributed by atoms with Gasteiger partial charge in [-0.3, -0.25) is 9.69 Å². The Hall–Kier alpha value is -1.90. The minimum absolute atomic E-state index is 0.154. The van der Waals surface area contributed by atoms with Crippen LogP contribution >= 0.6 is 15.9 Å². The summed E-state index contributed by atoms with van der Waals surface area (Å²) in [7, 11) is 0. The number of nitrogens with zero attached hydrogens (tertiary/aromatic N) is 2. The number of morpholine rings is 1. The van der Waals surface area contributed by atoms with Crippen molar-refractivity contribution in [1.29, 1.82) is 0 Å². The first-order chi connectivity index (χ1) is 12.6. The highest BCUT2D eigenvalue weighted by molar-refractivity contribution is 9.10. The van der Waals surface area contributed by atoms with Crippen LogP contribution in [0.1, 0.15) is 12.5 Å². The zero-order valence-corrected chi connectivity index (χ0v) is 16.5. The quantitative estimate of drug-likeness (QED) is 0.373. The van der Waals surface area contributed by atoms with E-state index in [1.807, 2.05) is 24.0 Å².